The summed E-state index contributed by atoms with van der Waals surface area (Å²) in [6.07, 6.45) is 0. The standard InChI is InChI=1S/C20H28N4OS/c1-22(2)17-8-6-16(7-9-17)18(24-12-10-23(3)11-13-24)15-21-20(25)19-5-4-14-26-19/h4-9,14,18H,10-13,15H2,1-3H3,(H,21,25)/t18-/m0/s1. The Balaban J connectivity index is 1.73. The van der Waals surface area contributed by atoms with E-state index in [0.717, 1.165) is 31.1 Å². The summed E-state index contributed by atoms with van der Waals surface area (Å²) in [6.45, 7) is 4.79. The highest BCUT2D eigenvalue weighted by molar-refractivity contribution is 7.12. The van der Waals surface area contributed by atoms with Gasteiger partial charge in [0, 0.05) is 52.5 Å². The van der Waals surface area contributed by atoms with Crippen LogP contribution in [0.25, 0.3) is 0 Å². The summed E-state index contributed by atoms with van der Waals surface area (Å²) in [5.74, 6) is 0.0176. The molecule has 5 nitrogen and oxygen atoms in total. The van der Waals surface area contributed by atoms with Crippen molar-refractivity contribution in [2.75, 3.05) is 58.8 Å². The van der Waals surface area contributed by atoms with Crippen molar-refractivity contribution in [2.45, 2.75) is 6.04 Å². The van der Waals surface area contributed by atoms with E-state index in [1.54, 1.807) is 0 Å². The summed E-state index contributed by atoms with van der Waals surface area (Å²) in [7, 11) is 6.26. The van der Waals surface area contributed by atoms with Crippen molar-refractivity contribution >= 4 is 22.9 Å². The Bertz CT molecular complexity index is 691. The molecule has 1 fully saturated rings. The second kappa shape index (κ2) is 8.66. The smallest absolute Gasteiger partial charge is 0.261 e. The van der Waals surface area contributed by atoms with Gasteiger partial charge in [0.05, 0.1) is 10.9 Å². The van der Waals surface area contributed by atoms with Gasteiger partial charge in [-0.2, -0.15) is 0 Å². The van der Waals surface area contributed by atoms with E-state index in [1.165, 1.54) is 22.6 Å². The number of likely N-dealkylation sites (N-methyl/N-ethyl adjacent to an activating group) is 1. The van der Waals surface area contributed by atoms with Crippen LogP contribution in [0.15, 0.2) is 41.8 Å². The number of anilines is 1. The summed E-state index contributed by atoms with van der Waals surface area (Å²) in [4.78, 5) is 20.1. The quantitative estimate of drug-likeness (QED) is 0.846. The fraction of sp³-hybridized carbons (Fsp3) is 0.450. The Kier molecular flexibility index (Phi) is 6.29. The van der Waals surface area contributed by atoms with Gasteiger partial charge in [0.15, 0.2) is 0 Å². The number of nitrogens with one attached hydrogen (secondary N) is 1. The molecule has 2 aromatic rings. The SMILES string of the molecule is CN1CCN([C@@H](CNC(=O)c2cccs2)c2ccc(N(C)C)cc2)CC1. The number of piperazine rings is 1. The van der Waals surface area contributed by atoms with Gasteiger partial charge in [-0.3, -0.25) is 9.69 Å². The zero-order chi connectivity index (χ0) is 18.5. The van der Waals surface area contributed by atoms with Crippen LogP contribution >= 0.6 is 11.3 Å². The lowest BCUT2D eigenvalue weighted by atomic mass is 10.0. The van der Waals surface area contributed by atoms with E-state index in [4.69, 9.17) is 0 Å². The minimum absolute atomic E-state index is 0.0176. The normalized spacial score (nSPS) is 17.0. The number of hydrogen-bond donors (Lipinski definition) is 1. The molecule has 1 aliphatic rings. The van der Waals surface area contributed by atoms with Crippen LogP contribution in [-0.4, -0.2) is 69.6 Å². The van der Waals surface area contributed by atoms with Crippen LogP contribution in [-0.2, 0) is 0 Å². The summed E-state index contributed by atoms with van der Waals surface area (Å²) in [5.41, 5.74) is 2.44. The van der Waals surface area contributed by atoms with Crippen molar-refractivity contribution in [3.8, 4) is 0 Å². The first-order chi connectivity index (χ1) is 12.5. The van der Waals surface area contributed by atoms with Crippen LogP contribution in [0.1, 0.15) is 21.3 Å². The summed E-state index contributed by atoms with van der Waals surface area (Å²) >= 11 is 1.48. The molecular formula is C20H28N4OS. The van der Waals surface area contributed by atoms with Crippen LogP contribution in [0.4, 0.5) is 5.69 Å². The molecular weight excluding hydrogens is 344 g/mol. The van der Waals surface area contributed by atoms with Crippen molar-refractivity contribution in [3.05, 3.63) is 52.2 Å². The van der Waals surface area contributed by atoms with Gasteiger partial charge in [0.25, 0.3) is 5.91 Å². The third-order valence-corrected chi connectivity index (χ3v) is 5.84. The molecule has 1 aromatic carbocycles. The predicted molar refractivity (Wildman–Crippen MR) is 109 cm³/mol. The minimum atomic E-state index is 0.0176. The van der Waals surface area contributed by atoms with E-state index in [1.807, 2.05) is 31.6 Å². The number of benzene rings is 1. The maximum atomic E-state index is 12.4. The molecule has 3 rings (SSSR count). The Morgan fingerprint density at radius 2 is 1.85 bits per heavy atom. The van der Waals surface area contributed by atoms with E-state index >= 15 is 0 Å². The molecule has 1 aromatic heterocycles. The van der Waals surface area contributed by atoms with Crippen molar-refractivity contribution in [3.63, 3.8) is 0 Å². The first kappa shape index (κ1) is 18.9. The Morgan fingerprint density at radius 3 is 2.42 bits per heavy atom. The molecule has 140 valence electrons. The fourth-order valence-electron chi connectivity index (χ4n) is 3.27. The Labute approximate surface area is 160 Å². The highest BCUT2D eigenvalue weighted by atomic mass is 32.1. The lowest BCUT2D eigenvalue weighted by molar-refractivity contribution is 0.0889. The Morgan fingerprint density at radius 1 is 1.15 bits per heavy atom. The van der Waals surface area contributed by atoms with Crippen LogP contribution in [0.2, 0.25) is 0 Å². The number of thiophene rings is 1. The second-order valence-electron chi connectivity index (χ2n) is 7.03. The molecule has 6 heteroatoms. The molecule has 0 saturated carbocycles. The molecule has 26 heavy (non-hydrogen) atoms. The van der Waals surface area contributed by atoms with Gasteiger partial charge in [-0.05, 0) is 36.2 Å². The topological polar surface area (TPSA) is 38.8 Å². The molecule has 2 heterocycles. The van der Waals surface area contributed by atoms with Crippen molar-refractivity contribution in [1.82, 2.24) is 15.1 Å². The van der Waals surface area contributed by atoms with Gasteiger partial charge in [0.2, 0.25) is 0 Å². The maximum Gasteiger partial charge on any atom is 0.261 e. The molecule has 1 saturated heterocycles. The van der Waals surface area contributed by atoms with E-state index in [9.17, 15) is 4.79 Å². The first-order valence-corrected chi connectivity index (χ1v) is 9.94. The molecule has 1 atom stereocenters. The second-order valence-corrected chi connectivity index (χ2v) is 7.98. The lowest BCUT2D eigenvalue weighted by Gasteiger charge is -2.38. The number of rotatable bonds is 6. The predicted octanol–water partition coefficient (Wildman–Crippen LogP) is 2.53. The summed E-state index contributed by atoms with van der Waals surface area (Å²) < 4.78 is 0. The van der Waals surface area contributed by atoms with E-state index in [2.05, 4.69) is 51.3 Å². The molecule has 0 bridgehead atoms. The van der Waals surface area contributed by atoms with Gasteiger partial charge in [0.1, 0.15) is 0 Å². The van der Waals surface area contributed by atoms with Crippen molar-refractivity contribution in [2.24, 2.45) is 0 Å². The average molecular weight is 373 g/mol. The molecule has 1 aliphatic heterocycles. The lowest BCUT2D eigenvalue weighted by Crippen LogP contribution is -2.48. The van der Waals surface area contributed by atoms with Crippen molar-refractivity contribution in [1.29, 1.82) is 0 Å². The monoisotopic (exact) mass is 372 g/mol. The Hall–Kier alpha value is -1.89. The summed E-state index contributed by atoms with van der Waals surface area (Å²) in [6, 6.07) is 12.7. The third kappa shape index (κ3) is 4.63. The van der Waals surface area contributed by atoms with Gasteiger partial charge < -0.3 is 15.1 Å². The average Bonchev–Trinajstić information content (AvgIpc) is 3.18. The van der Waals surface area contributed by atoms with E-state index < -0.39 is 0 Å². The minimum Gasteiger partial charge on any atom is -0.378 e. The third-order valence-electron chi connectivity index (χ3n) is 4.97. The molecule has 0 aliphatic carbocycles. The molecule has 0 radical (unpaired) electrons. The van der Waals surface area contributed by atoms with Crippen LogP contribution in [0.5, 0.6) is 0 Å². The molecule has 1 amide bonds. The van der Waals surface area contributed by atoms with Gasteiger partial charge in [-0.25, -0.2) is 0 Å². The van der Waals surface area contributed by atoms with E-state index in [-0.39, 0.29) is 11.9 Å². The highest BCUT2D eigenvalue weighted by Gasteiger charge is 2.24. The van der Waals surface area contributed by atoms with Crippen molar-refractivity contribution < 1.29 is 4.79 Å². The summed E-state index contributed by atoms with van der Waals surface area (Å²) in [5, 5.41) is 5.07. The molecule has 1 N–H and O–H groups in total. The van der Waals surface area contributed by atoms with Gasteiger partial charge in [-0.1, -0.05) is 18.2 Å². The molecule has 0 spiro atoms. The van der Waals surface area contributed by atoms with E-state index in [0.29, 0.717) is 6.54 Å². The number of carbonyl (C=O) groups excluding carboxylic acids is 1. The van der Waals surface area contributed by atoms with Gasteiger partial charge in [-0.15, -0.1) is 11.3 Å². The van der Waals surface area contributed by atoms with Crippen LogP contribution < -0.4 is 10.2 Å². The van der Waals surface area contributed by atoms with Gasteiger partial charge >= 0.3 is 0 Å². The van der Waals surface area contributed by atoms with Crippen LogP contribution in [0, 0.1) is 0 Å². The number of hydrogen-bond acceptors (Lipinski definition) is 5. The van der Waals surface area contributed by atoms with Crippen LogP contribution in [0.3, 0.4) is 0 Å². The maximum absolute atomic E-state index is 12.4. The number of amides is 1. The largest absolute Gasteiger partial charge is 0.378 e. The number of nitrogens with zero attached hydrogens (tertiary/aromatic N) is 3. The fourth-order valence-corrected chi connectivity index (χ4v) is 3.91. The molecule has 0 unspecified atom stereocenters. The highest BCUT2D eigenvalue weighted by Crippen LogP contribution is 2.24. The first-order valence-electron chi connectivity index (χ1n) is 9.06. The zero-order valence-corrected chi connectivity index (χ0v) is 16.6. The zero-order valence-electron chi connectivity index (χ0n) is 15.8. The number of carbonyl (C=O) groups is 1.